The first-order valence-corrected chi connectivity index (χ1v) is 16.7. The largest absolute Gasteiger partial charge is 0.460 e. The normalized spacial score (nSPS) is 18.3. The van der Waals surface area contributed by atoms with Gasteiger partial charge in [-0.1, -0.05) is 102 Å². The quantitative estimate of drug-likeness (QED) is 0.130. The number of benzene rings is 2. The lowest BCUT2D eigenvalue weighted by Gasteiger charge is -2.29. The maximum absolute atomic E-state index is 14.3. The molecular formula is C37H53FO4. The van der Waals surface area contributed by atoms with Gasteiger partial charge in [0.1, 0.15) is 6.10 Å². The molecule has 0 aromatic heterocycles. The van der Waals surface area contributed by atoms with Crippen molar-refractivity contribution in [2.45, 2.75) is 148 Å². The molecule has 42 heavy (non-hydrogen) atoms. The van der Waals surface area contributed by atoms with Crippen molar-refractivity contribution in [3.8, 4) is 11.1 Å². The number of hydrogen-bond donors (Lipinski definition) is 0. The van der Waals surface area contributed by atoms with Crippen molar-refractivity contribution in [3.05, 3.63) is 59.7 Å². The van der Waals surface area contributed by atoms with Crippen molar-refractivity contribution in [2.24, 2.45) is 0 Å². The molecule has 0 spiro atoms. The van der Waals surface area contributed by atoms with Gasteiger partial charge in [-0.3, -0.25) is 0 Å². The molecule has 2 aromatic carbocycles. The number of carbonyl (C=O) groups excluding carboxylic acids is 2. The van der Waals surface area contributed by atoms with E-state index in [-0.39, 0.29) is 24.6 Å². The Balaban J connectivity index is 1.40. The fraction of sp³-hybridized carbons (Fsp3) is 0.622. The van der Waals surface area contributed by atoms with Gasteiger partial charge in [-0.05, 0) is 93.0 Å². The Hall–Kier alpha value is -2.69. The topological polar surface area (TPSA) is 52.6 Å². The summed E-state index contributed by atoms with van der Waals surface area (Å²) in [6.45, 7) is 6.34. The Morgan fingerprint density at radius 3 is 1.88 bits per heavy atom. The van der Waals surface area contributed by atoms with Gasteiger partial charge in [0.05, 0.1) is 11.7 Å². The number of carbonyl (C=O) groups is 2. The zero-order chi connectivity index (χ0) is 30.2. The van der Waals surface area contributed by atoms with Crippen molar-refractivity contribution >= 4 is 11.9 Å². The maximum atomic E-state index is 14.3. The Kier molecular flexibility index (Phi) is 15.1. The van der Waals surface area contributed by atoms with Crippen LogP contribution in [0.25, 0.3) is 11.1 Å². The van der Waals surface area contributed by atoms with Gasteiger partial charge in [0.15, 0.2) is 6.17 Å². The number of esters is 2. The Morgan fingerprint density at radius 1 is 0.738 bits per heavy atom. The van der Waals surface area contributed by atoms with Crippen molar-refractivity contribution in [1.82, 2.24) is 0 Å². The zero-order valence-electron chi connectivity index (χ0n) is 26.3. The number of ether oxygens (including phenoxy) is 2. The lowest BCUT2D eigenvalue weighted by Crippen LogP contribution is -2.28. The zero-order valence-corrected chi connectivity index (χ0v) is 26.3. The molecule has 0 N–H and O–H groups in total. The van der Waals surface area contributed by atoms with Crippen molar-refractivity contribution < 1.29 is 23.5 Å². The highest BCUT2D eigenvalue weighted by molar-refractivity contribution is 5.90. The summed E-state index contributed by atoms with van der Waals surface area (Å²) in [4.78, 5) is 24.8. The van der Waals surface area contributed by atoms with Crippen LogP contribution in [-0.4, -0.2) is 30.3 Å². The average Bonchev–Trinajstić information content (AvgIpc) is 3.01. The van der Waals surface area contributed by atoms with E-state index in [1.54, 1.807) is 0 Å². The summed E-state index contributed by atoms with van der Waals surface area (Å²) in [5.74, 6) is -0.520. The van der Waals surface area contributed by atoms with E-state index in [4.69, 9.17) is 9.47 Å². The predicted octanol–water partition coefficient (Wildman–Crippen LogP) is 10.5. The van der Waals surface area contributed by atoms with Gasteiger partial charge in [0.25, 0.3) is 0 Å². The number of halogens is 1. The van der Waals surface area contributed by atoms with E-state index in [1.165, 1.54) is 44.1 Å². The molecule has 1 fully saturated rings. The van der Waals surface area contributed by atoms with Gasteiger partial charge >= 0.3 is 11.9 Å². The number of alkyl halides is 1. The molecule has 5 heteroatoms. The lowest BCUT2D eigenvalue weighted by molar-refractivity contribution is -0.157. The van der Waals surface area contributed by atoms with Crippen LogP contribution in [0.15, 0.2) is 48.5 Å². The Bertz CT molecular complexity index is 1040. The smallest absolute Gasteiger partial charge is 0.340 e. The average molecular weight is 581 g/mol. The number of hydrogen-bond acceptors (Lipinski definition) is 4. The van der Waals surface area contributed by atoms with Gasteiger partial charge < -0.3 is 9.47 Å². The third kappa shape index (κ3) is 11.5. The van der Waals surface area contributed by atoms with Crippen LogP contribution >= 0.6 is 0 Å². The summed E-state index contributed by atoms with van der Waals surface area (Å²) in [6.07, 6.45) is 14.0. The molecule has 4 nitrogen and oxygen atoms in total. The van der Waals surface area contributed by atoms with Crippen LogP contribution in [0.5, 0.6) is 0 Å². The van der Waals surface area contributed by atoms with E-state index in [0.717, 1.165) is 68.9 Å². The van der Waals surface area contributed by atoms with E-state index in [1.807, 2.05) is 31.2 Å². The molecule has 0 aliphatic heterocycles. The first-order valence-electron chi connectivity index (χ1n) is 16.7. The third-order valence-corrected chi connectivity index (χ3v) is 8.63. The molecule has 2 aromatic rings. The van der Waals surface area contributed by atoms with E-state index in [2.05, 4.69) is 38.1 Å². The highest BCUT2D eigenvalue weighted by atomic mass is 19.1. The molecule has 0 amide bonds. The molecule has 1 aliphatic rings. The minimum absolute atomic E-state index is 0.0702. The van der Waals surface area contributed by atoms with Gasteiger partial charge in [-0.15, -0.1) is 0 Å². The van der Waals surface area contributed by atoms with Crippen LogP contribution < -0.4 is 0 Å². The summed E-state index contributed by atoms with van der Waals surface area (Å²) in [6, 6.07) is 16.2. The summed E-state index contributed by atoms with van der Waals surface area (Å²) >= 11 is 0. The SMILES string of the molecule is CCCCCCCC[C@H](F)C(=O)OC1CCC(c2ccc(-c3ccc(C(=O)O[C@H](C)CCCCCC)cc3)cc2)CC1. The van der Waals surface area contributed by atoms with Crippen LogP contribution in [0, 0.1) is 0 Å². The first-order chi connectivity index (χ1) is 20.4. The van der Waals surface area contributed by atoms with E-state index < -0.39 is 12.1 Å². The van der Waals surface area contributed by atoms with Gasteiger partial charge in [-0.25, -0.2) is 14.0 Å². The third-order valence-electron chi connectivity index (χ3n) is 8.63. The second-order valence-corrected chi connectivity index (χ2v) is 12.2. The molecule has 0 unspecified atom stereocenters. The summed E-state index contributed by atoms with van der Waals surface area (Å²) in [7, 11) is 0. The monoisotopic (exact) mass is 580 g/mol. The standard InChI is InChI=1S/C37H53FO4/c1-4-6-8-10-11-13-15-35(38)37(40)42-34-26-24-32(25-27-34)30-18-16-29(17-19-30)31-20-22-33(23-21-31)36(39)41-28(3)14-12-9-7-5-2/h16-23,28,32,34-35H,4-15,24-27H2,1-3H3/t28-,32?,34?,35+/m1/s1. The Labute approximate surface area is 253 Å². The highest BCUT2D eigenvalue weighted by Gasteiger charge is 2.28. The maximum Gasteiger partial charge on any atom is 0.340 e. The fourth-order valence-corrected chi connectivity index (χ4v) is 5.89. The number of unbranched alkanes of at least 4 members (excludes halogenated alkanes) is 8. The van der Waals surface area contributed by atoms with Crippen LogP contribution in [0.3, 0.4) is 0 Å². The lowest BCUT2D eigenvalue weighted by atomic mass is 9.82. The molecule has 0 saturated heterocycles. The predicted molar refractivity (Wildman–Crippen MR) is 169 cm³/mol. The Morgan fingerprint density at radius 2 is 1.26 bits per heavy atom. The first kappa shape index (κ1) is 33.8. The van der Waals surface area contributed by atoms with Gasteiger partial charge in [0, 0.05) is 0 Å². The molecule has 0 radical (unpaired) electrons. The fourth-order valence-electron chi connectivity index (χ4n) is 5.89. The van der Waals surface area contributed by atoms with Crippen molar-refractivity contribution in [3.63, 3.8) is 0 Å². The number of rotatable bonds is 18. The second kappa shape index (κ2) is 18.8. The molecule has 1 aliphatic carbocycles. The van der Waals surface area contributed by atoms with Gasteiger partial charge in [-0.2, -0.15) is 0 Å². The van der Waals surface area contributed by atoms with E-state index in [0.29, 0.717) is 11.5 Å². The molecule has 232 valence electrons. The van der Waals surface area contributed by atoms with Crippen molar-refractivity contribution in [2.75, 3.05) is 0 Å². The molecule has 3 rings (SSSR count). The summed E-state index contributed by atoms with van der Waals surface area (Å²) in [5.41, 5.74) is 4.02. The minimum atomic E-state index is -1.50. The molecule has 0 heterocycles. The molecule has 0 bridgehead atoms. The second-order valence-electron chi connectivity index (χ2n) is 12.2. The van der Waals surface area contributed by atoms with Crippen LogP contribution in [-0.2, 0) is 14.3 Å². The van der Waals surface area contributed by atoms with Crippen LogP contribution in [0.1, 0.15) is 145 Å². The molecule has 2 atom stereocenters. The highest BCUT2D eigenvalue weighted by Crippen LogP contribution is 2.35. The summed E-state index contributed by atoms with van der Waals surface area (Å²) in [5, 5.41) is 0. The van der Waals surface area contributed by atoms with E-state index in [9.17, 15) is 14.0 Å². The summed E-state index contributed by atoms with van der Waals surface area (Å²) < 4.78 is 25.5. The van der Waals surface area contributed by atoms with Crippen molar-refractivity contribution in [1.29, 1.82) is 0 Å². The van der Waals surface area contributed by atoms with Crippen LogP contribution in [0.4, 0.5) is 4.39 Å². The van der Waals surface area contributed by atoms with Crippen LogP contribution in [0.2, 0.25) is 0 Å². The van der Waals surface area contributed by atoms with Gasteiger partial charge in [0.2, 0.25) is 0 Å². The minimum Gasteiger partial charge on any atom is -0.460 e. The van der Waals surface area contributed by atoms with E-state index >= 15 is 0 Å². The molecule has 1 saturated carbocycles. The molecular weight excluding hydrogens is 527 g/mol.